The van der Waals surface area contributed by atoms with E-state index >= 15 is 0 Å². The van der Waals surface area contributed by atoms with Crippen molar-refractivity contribution < 1.29 is 17.9 Å². The summed E-state index contributed by atoms with van der Waals surface area (Å²) in [6.45, 7) is 0. The largest absolute Gasteiger partial charge is 0.446 e. The molecule has 0 radical (unpaired) electrons. The fourth-order valence-corrected chi connectivity index (χ4v) is 4.22. The number of nitrogens with zero attached hydrogens (tertiary/aromatic N) is 1. The summed E-state index contributed by atoms with van der Waals surface area (Å²) in [4.78, 5) is 16.0. The molecule has 1 aromatic carbocycles. The van der Waals surface area contributed by atoms with Crippen molar-refractivity contribution in [2.75, 3.05) is 5.32 Å². The van der Waals surface area contributed by atoms with Crippen LogP contribution in [0.15, 0.2) is 59.8 Å². The SMILES string of the molecule is O=C(Nc1ccccc1)O[C@H]1CCC[C@@H](NS(=O)(=O)c2cccnc2)C1. The van der Waals surface area contributed by atoms with Gasteiger partial charge in [-0.3, -0.25) is 10.3 Å². The van der Waals surface area contributed by atoms with E-state index < -0.39 is 16.1 Å². The highest BCUT2D eigenvalue weighted by atomic mass is 32.2. The van der Waals surface area contributed by atoms with Crippen LogP contribution in [-0.4, -0.2) is 31.6 Å². The smallest absolute Gasteiger partial charge is 0.411 e. The minimum atomic E-state index is -3.63. The van der Waals surface area contributed by atoms with Crippen LogP contribution in [0.1, 0.15) is 25.7 Å². The number of sulfonamides is 1. The number of nitrogens with one attached hydrogen (secondary N) is 2. The molecule has 2 atom stereocenters. The van der Waals surface area contributed by atoms with E-state index in [1.807, 2.05) is 18.2 Å². The number of carbonyl (C=O) groups excluding carboxylic acids is 1. The molecule has 138 valence electrons. The highest BCUT2D eigenvalue weighted by Gasteiger charge is 2.28. The van der Waals surface area contributed by atoms with Crippen molar-refractivity contribution >= 4 is 21.8 Å². The normalized spacial score (nSPS) is 20.3. The number of pyridine rings is 1. The highest BCUT2D eigenvalue weighted by molar-refractivity contribution is 7.89. The Balaban J connectivity index is 1.55. The Labute approximate surface area is 152 Å². The number of amides is 1. The van der Waals surface area contributed by atoms with E-state index in [9.17, 15) is 13.2 Å². The van der Waals surface area contributed by atoms with Gasteiger partial charge in [-0.2, -0.15) is 0 Å². The molecule has 1 aromatic heterocycles. The molecule has 2 aromatic rings. The molecular weight excluding hydrogens is 354 g/mol. The van der Waals surface area contributed by atoms with Gasteiger partial charge in [-0.05, 0) is 43.5 Å². The second-order valence-corrected chi connectivity index (χ2v) is 7.91. The lowest BCUT2D eigenvalue weighted by Gasteiger charge is -2.29. The molecule has 0 bridgehead atoms. The molecule has 1 amide bonds. The molecule has 1 saturated carbocycles. The molecule has 3 rings (SSSR count). The zero-order valence-corrected chi connectivity index (χ0v) is 15.0. The summed E-state index contributed by atoms with van der Waals surface area (Å²) in [5.74, 6) is 0. The molecule has 2 N–H and O–H groups in total. The molecule has 1 fully saturated rings. The first-order chi connectivity index (χ1) is 12.5. The number of benzene rings is 1. The summed E-state index contributed by atoms with van der Waals surface area (Å²) in [5, 5.41) is 2.67. The van der Waals surface area contributed by atoms with E-state index in [1.54, 1.807) is 18.2 Å². The van der Waals surface area contributed by atoms with Gasteiger partial charge >= 0.3 is 6.09 Å². The van der Waals surface area contributed by atoms with E-state index in [4.69, 9.17) is 4.74 Å². The van der Waals surface area contributed by atoms with Gasteiger partial charge in [0.1, 0.15) is 11.0 Å². The molecule has 0 aliphatic heterocycles. The standard InChI is InChI=1S/C18H21N3O4S/c22-18(20-14-6-2-1-3-7-14)25-16-9-4-8-15(12-16)21-26(23,24)17-10-5-11-19-13-17/h1-3,5-7,10-11,13,15-16,21H,4,8-9,12H2,(H,20,22)/t15-,16+/m1/s1. The molecule has 1 aliphatic carbocycles. The molecule has 7 nitrogen and oxygen atoms in total. The lowest BCUT2D eigenvalue weighted by Crippen LogP contribution is -2.41. The number of carbonyl (C=O) groups is 1. The maximum atomic E-state index is 12.4. The third-order valence-corrected chi connectivity index (χ3v) is 5.69. The predicted octanol–water partition coefficient (Wildman–Crippen LogP) is 2.92. The number of para-hydroxylation sites is 1. The molecule has 1 aliphatic rings. The molecule has 8 heteroatoms. The van der Waals surface area contributed by atoms with Crippen molar-refractivity contribution in [3.63, 3.8) is 0 Å². The summed E-state index contributed by atoms with van der Waals surface area (Å²) in [7, 11) is -3.63. The average Bonchev–Trinajstić information content (AvgIpc) is 2.63. The van der Waals surface area contributed by atoms with Crippen molar-refractivity contribution in [1.29, 1.82) is 0 Å². The van der Waals surface area contributed by atoms with Gasteiger partial charge < -0.3 is 4.74 Å². The first kappa shape index (κ1) is 18.3. The fourth-order valence-electron chi connectivity index (χ4n) is 2.97. The van der Waals surface area contributed by atoms with E-state index in [1.165, 1.54) is 18.5 Å². The Bertz CT molecular complexity index is 828. The van der Waals surface area contributed by atoms with Crippen molar-refractivity contribution in [1.82, 2.24) is 9.71 Å². The van der Waals surface area contributed by atoms with Crippen molar-refractivity contribution in [2.24, 2.45) is 0 Å². The third kappa shape index (κ3) is 5.03. The van der Waals surface area contributed by atoms with Gasteiger partial charge in [0.15, 0.2) is 0 Å². The Hall–Kier alpha value is -2.45. The zero-order valence-electron chi connectivity index (χ0n) is 14.2. The minimum Gasteiger partial charge on any atom is -0.446 e. The van der Waals surface area contributed by atoms with Crippen LogP contribution < -0.4 is 10.0 Å². The van der Waals surface area contributed by atoms with Gasteiger partial charge in [0.2, 0.25) is 10.0 Å². The van der Waals surface area contributed by atoms with Gasteiger partial charge in [-0.15, -0.1) is 0 Å². The number of ether oxygens (including phenoxy) is 1. The van der Waals surface area contributed by atoms with Crippen molar-refractivity contribution in [3.05, 3.63) is 54.9 Å². The summed E-state index contributed by atoms with van der Waals surface area (Å²) in [5.41, 5.74) is 0.655. The monoisotopic (exact) mass is 375 g/mol. The number of anilines is 1. The third-order valence-electron chi connectivity index (χ3n) is 4.19. The Kier molecular flexibility index (Phi) is 5.85. The van der Waals surface area contributed by atoms with Gasteiger partial charge in [-0.1, -0.05) is 18.2 Å². The van der Waals surface area contributed by atoms with Gasteiger partial charge in [0, 0.05) is 30.5 Å². The fraction of sp³-hybridized carbons (Fsp3) is 0.333. The Morgan fingerprint density at radius 2 is 1.92 bits per heavy atom. The van der Waals surface area contributed by atoms with Crippen molar-refractivity contribution in [3.8, 4) is 0 Å². The minimum absolute atomic E-state index is 0.130. The van der Waals surface area contributed by atoms with Crippen LogP contribution >= 0.6 is 0 Å². The second kappa shape index (κ2) is 8.29. The van der Waals surface area contributed by atoms with Crippen molar-refractivity contribution in [2.45, 2.75) is 42.7 Å². The molecule has 1 heterocycles. The highest BCUT2D eigenvalue weighted by Crippen LogP contribution is 2.23. The maximum absolute atomic E-state index is 12.4. The molecule has 0 saturated heterocycles. The Morgan fingerprint density at radius 1 is 1.12 bits per heavy atom. The lowest BCUT2D eigenvalue weighted by molar-refractivity contribution is 0.0793. The Morgan fingerprint density at radius 3 is 2.65 bits per heavy atom. The van der Waals surface area contributed by atoms with Gasteiger partial charge in [-0.25, -0.2) is 17.9 Å². The van der Waals surface area contributed by atoms with Gasteiger partial charge in [0.25, 0.3) is 0 Å². The number of hydrogen-bond donors (Lipinski definition) is 2. The van der Waals surface area contributed by atoms with E-state index in [0.717, 1.165) is 6.42 Å². The van der Waals surface area contributed by atoms with Crippen LogP contribution in [0.5, 0.6) is 0 Å². The van der Waals surface area contributed by atoms with Gasteiger partial charge in [0.05, 0.1) is 0 Å². The number of aromatic nitrogens is 1. The average molecular weight is 375 g/mol. The second-order valence-electron chi connectivity index (χ2n) is 6.19. The number of hydrogen-bond acceptors (Lipinski definition) is 5. The predicted molar refractivity (Wildman–Crippen MR) is 97.1 cm³/mol. The summed E-state index contributed by atoms with van der Waals surface area (Å²) >= 11 is 0. The van der Waals surface area contributed by atoms with E-state index in [-0.39, 0.29) is 17.0 Å². The summed E-state index contributed by atoms with van der Waals surface area (Å²) < 4.78 is 32.9. The first-order valence-electron chi connectivity index (χ1n) is 8.48. The molecule has 26 heavy (non-hydrogen) atoms. The van der Waals surface area contributed by atoms with E-state index in [2.05, 4.69) is 15.0 Å². The summed E-state index contributed by atoms with van der Waals surface area (Å²) in [6, 6.07) is 11.8. The molecule has 0 unspecified atom stereocenters. The van der Waals surface area contributed by atoms with Crippen LogP contribution in [0.4, 0.5) is 10.5 Å². The topological polar surface area (TPSA) is 97.4 Å². The summed E-state index contributed by atoms with van der Waals surface area (Å²) in [6.07, 6.45) is 4.63. The van der Waals surface area contributed by atoms with E-state index in [0.29, 0.717) is 24.9 Å². The maximum Gasteiger partial charge on any atom is 0.411 e. The molecular formula is C18H21N3O4S. The number of rotatable bonds is 5. The van der Waals surface area contributed by atoms with Crippen LogP contribution in [0.25, 0.3) is 0 Å². The van der Waals surface area contributed by atoms with Crippen LogP contribution in [-0.2, 0) is 14.8 Å². The quantitative estimate of drug-likeness (QED) is 0.837. The lowest BCUT2D eigenvalue weighted by atomic mass is 9.94. The first-order valence-corrected chi connectivity index (χ1v) is 9.96. The molecule has 0 spiro atoms. The van der Waals surface area contributed by atoms with Crippen LogP contribution in [0, 0.1) is 0 Å². The van der Waals surface area contributed by atoms with Crippen LogP contribution in [0.3, 0.4) is 0 Å². The van der Waals surface area contributed by atoms with Crippen LogP contribution in [0.2, 0.25) is 0 Å². The zero-order chi connectivity index (χ0) is 18.4.